The molecule has 0 saturated carbocycles. The van der Waals surface area contributed by atoms with Crippen molar-refractivity contribution >= 4 is 46.9 Å². The summed E-state index contributed by atoms with van der Waals surface area (Å²) in [6.45, 7) is -11.2. The standard InChI is InChI=1S/C33H73NO36P6/c34-8-3-1-2-4-9-57-71(45,46)67-21-28(69-33-32(44)31(43)30(42)29(14-36)70-33)22-68-76(55,56)66-20-27(41)19-65-75(53,54)63-17-25(39)7-11-59-73(49,50)61-15-23(37)5-10-58-72(47,48)62-16-24(38)6-12-60-74(51,52)64-18-26(40)13-35/h23-33,35-44H,1-22,34H2,(H,45,46)(H,47,48)(H,49,50)(H,51,52)(H,53,54)(H,55,56)/t23-,24-,25-,26-,27-,28+,29-,30-,31+,32-,33+/m1/s1. The second kappa shape index (κ2) is 37.4. The Bertz CT molecular complexity index is 1880. The van der Waals surface area contributed by atoms with Gasteiger partial charge in [0.2, 0.25) is 0 Å². The van der Waals surface area contributed by atoms with Crippen LogP contribution in [0.3, 0.4) is 0 Å². The monoisotopic (exact) mass is 1250 g/mol. The van der Waals surface area contributed by atoms with Crippen LogP contribution in [-0.2, 0) is 91.1 Å². The Hall–Kier alpha value is 0.140. The van der Waals surface area contributed by atoms with E-state index in [4.69, 9.17) is 39.0 Å². The summed E-state index contributed by atoms with van der Waals surface area (Å²) in [4.78, 5) is 59.3. The molecule has 0 aliphatic carbocycles. The Kier molecular flexibility index (Phi) is 36.5. The molecule has 18 N–H and O–H groups in total. The van der Waals surface area contributed by atoms with Crippen molar-refractivity contribution in [2.75, 3.05) is 99.0 Å². The van der Waals surface area contributed by atoms with Crippen LogP contribution >= 0.6 is 46.9 Å². The van der Waals surface area contributed by atoms with Crippen LogP contribution in [0.2, 0.25) is 0 Å². The number of rotatable bonds is 47. The molecule has 456 valence electrons. The van der Waals surface area contributed by atoms with Crippen molar-refractivity contribution < 1.29 is 172 Å². The van der Waals surface area contributed by atoms with Crippen molar-refractivity contribution in [1.29, 1.82) is 0 Å². The highest BCUT2D eigenvalue weighted by Gasteiger charge is 2.45. The fraction of sp³-hybridized carbons (Fsp3) is 1.00. The largest absolute Gasteiger partial charge is 0.472 e. The van der Waals surface area contributed by atoms with Gasteiger partial charge in [-0.05, 0) is 38.6 Å². The van der Waals surface area contributed by atoms with Gasteiger partial charge in [-0.15, -0.1) is 0 Å². The Morgan fingerprint density at radius 2 is 0.737 bits per heavy atom. The molecule has 1 aliphatic heterocycles. The molecular weight excluding hydrogens is 1170 g/mol. The molecule has 0 aromatic heterocycles. The number of phosphoric ester groups is 6. The number of phosphoric acid groups is 6. The van der Waals surface area contributed by atoms with Gasteiger partial charge in [-0.3, -0.25) is 54.3 Å². The molecule has 1 fully saturated rings. The molecule has 0 aromatic carbocycles. The van der Waals surface area contributed by atoms with E-state index in [-0.39, 0.29) is 6.61 Å². The van der Waals surface area contributed by atoms with Gasteiger partial charge in [0.1, 0.15) is 42.7 Å². The van der Waals surface area contributed by atoms with E-state index < -0.39 is 219 Å². The van der Waals surface area contributed by atoms with Gasteiger partial charge in [0.15, 0.2) is 6.29 Å². The maximum atomic E-state index is 12.7. The maximum absolute atomic E-state index is 12.7. The average molecular weight is 1250 g/mol. The lowest BCUT2D eigenvalue weighted by atomic mass is 9.99. The first-order valence-corrected chi connectivity index (χ1v) is 31.6. The van der Waals surface area contributed by atoms with E-state index >= 15 is 0 Å². The van der Waals surface area contributed by atoms with E-state index in [0.29, 0.717) is 25.8 Å². The third kappa shape index (κ3) is 35.2. The summed E-state index contributed by atoms with van der Waals surface area (Å²) in [5, 5.41) is 97.9. The lowest BCUT2D eigenvalue weighted by molar-refractivity contribution is -0.314. The molecule has 0 radical (unpaired) electrons. The summed E-state index contributed by atoms with van der Waals surface area (Å²) in [5.41, 5.74) is 5.42. The molecule has 6 unspecified atom stereocenters. The molecule has 76 heavy (non-hydrogen) atoms. The number of hydrogen-bond acceptors (Lipinski definition) is 31. The minimum Gasteiger partial charge on any atom is -0.394 e. The van der Waals surface area contributed by atoms with Crippen LogP contribution in [0.1, 0.15) is 44.9 Å². The smallest absolute Gasteiger partial charge is 0.394 e. The van der Waals surface area contributed by atoms with Gasteiger partial charge in [0, 0.05) is 0 Å². The van der Waals surface area contributed by atoms with Crippen molar-refractivity contribution in [2.45, 2.75) is 112 Å². The Morgan fingerprint density at radius 3 is 1.11 bits per heavy atom. The van der Waals surface area contributed by atoms with E-state index in [1.807, 2.05) is 0 Å². The number of unbranched alkanes of at least 4 members (excludes halogenated alkanes) is 3. The molecule has 43 heteroatoms. The van der Waals surface area contributed by atoms with Crippen LogP contribution in [0.5, 0.6) is 0 Å². The number of ether oxygens (including phenoxy) is 2. The fourth-order valence-corrected chi connectivity index (χ4v) is 9.89. The van der Waals surface area contributed by atoms with Gasteiger partial charge in [-0.1, -0.05) is 12.8 Å². The fourth-order valence-electron chi connectivity index (χ4n) is 5.20. The van der Waals surface area contributed by atoms with E-state index in [9.17, 15) is 97.6 Å². The van der Waals surface area contributed by atoms with Crippen molar-refractivity contribution in [3.8, 4) is 0 Å². The lowest BCUT2D eigenvalue weighted by Crippen LogP contribution is -2.60. The van der Waals surface area contributed by atoms with Crippen LogP contribution < -0.4 is 5.73 Å². The molecule has 1 rings (SSSR count). The van der Waals surface area contributed by atoms with Gasteiger partial charge in [0.25, 0.3) is 0 Å². The van der Waals surface area contributed by atoms with Gasteiger partial charge in [-0.25, -0.2) is 27.4 Å². The van der Waals surface area contributed by atoms with Crippen molar-refractivity contribution in [3.05, 3.63) is 0 Å². The second-order valence-electron chi connectivity index (χ2n) is 16.0. The quantitative estimate of drug-likeness (QED) is 0.0207. The van der Waals surface area contributed by atoms with E-state index in [1.165, 1.54) is 0 Å². The first-order valence-electron chi connectivity index (χ1n) is 22.6. The first-order chi connectivity index (χ1) is 35.3. The maximum Gasteiger partial charge on any atom is 0.472 e. The third-order valence-electron chi connectivity index (χ3n) is 9.28. The van der Waals surface area contributed by atoms with Gasteiger partial charge < -0.3 is 95.6 Å². The predicted molar refractivity (Wildman–Crippen MR) is 248 cm³/mol. The SMILES string of the molecule is NCCCCCCOP(=O)(O)OC[C@@H](COP(=O)(O)OC[C@H](O)COP(=O)(O)OC[C@H](O)CCOP(=O)(O)OC[C@H](O)CCOP(=O)(O)OC[C@H](O)CCOP(=O)(O)OC[C@H](O)CO)O[C@H]1O[C@H](CO)[C@@H](O)[C@H](O)[C@H]1O. The zero-order valence-corrected chi connectivity index (χ0v) is 45.9. The van der Waals surface area contributed by atoms with Gasteiger partial charge >= 0.3 is 46.9 Å². The average Bonchev–Trinajstić information content (AvgIpc) is 3.34. The molecule has 0 spiro atoms. The number of hydrogen-bond donors (Lipinski definition) is 17. The van der Waals surface area contributed by atoms with Crippen LogP contribution in [0, 0.1) is 0 Å². The Balaban J connectivity index is 2.49. The van der Waals surface area contributed by atoms with Gasteiger partial charge in [0.05, 0.1) is 111 Å². The van der Waals surface area contributed by atoms with Crippen LogP contribution in [0.4, 0.5) is 0 Å². The zero-order valence-electron chi connectivity index (χ0n) is 40.5. The molecule has 0 amide bonds. The molecule has 17 atom stereocenters. The molecule has 0 bridgehead atoms. The highest BCUT2D eigenvalue weighted by Crippen LogP contribution is 2.48. The molecular formula is C33H73NO36P6. The van der Waals surface area contributed by atoms with Gasteiger partial charge in [-0.2, -0.15) is 0 Å². The van der Waals surface area contributed by atoms with Crippen LogP contribution in [0.25, 0.3) is 0 Å². The summed E-state index contributed by atoms with van der Waals surface area (Å²) in [7, 11) is -29.6. The minimum absolute atomic E-state index is 0.221. The summed E-state index contributed by atoms with van der Waals surface area (Å²) < 4.78 is 140. The normalized spacial score (nSPS) is 25.6. The molecule has 1 saturated heterocycles. The van der Waals surface area contributed by atoms with E-state index in [0.717, 1.165) is 6.42 Å². The predicted octanol–water partition coefficient (Wildman–Crippen LogP) is -3.54. The van der Waals surface area contributed by atoms with Crippen LogP contribution in [0.15, 0.2) is 0 Å². The zero-order chi connectivity index (χ0) is 57.8. The van der Waals surface area contributed by atoms with E-state index in [1.54, 1.807) is 0 Å². The second-order valence-corrected chi connectivity index (χ2v) is 24.7. The summed E-state index contributed by atoms with van der Waals surface area (Å²) in [6, 6.07) is 0. The molecule has 0 aromatic rings. The molecule has 37 nitrogen and oxygen atoms in total. The molecule has 1 aliphatic rings. The number of aliphatic hydroxyl groups excluding tert-OH is 10. The topological polar surface area (TPSA) is 581 Å². The van der Waals surface area contributed by atoms with Crippen molar-refractivity contribution in [3.63, 3.8) is 0 Å². The molecule has 1 heterocycles. The highest BCUT2D eigenvalue weighted by molar-refractivity contribution is 7.48. The number of aliphatic hydroxyl groups is 10. The number of nitrogens with two attached hydrogens (primary N) is 1. The Morgan fingerprint density at radius 1 is 0.408 bits per heavy atom. The Labute approximate surface area is 434 Å². The van der Waals surface area contributed by atoms with E-state index in [2.05, 4.69) is 40.7 Å². The van der Waals surface area contributed by atoms with Crippen molar-refractivity contribution in [1.82, 2.24) is 0 Å². The summed E-state index contributed by atoms with van der Waals surface area (Å²) >= 11 is 0. The lowest BCUT2D eigenvalue weighted by Gasteiger charge is -2.40. The summed E-state index contributed by atoms with van der Waals surface area (Å²) in [5.74, 6) is 0. The first kappa shape index (κ1) is 74.2. The van der Waals surface area contributed by atoms with Crippen molar-refractivity contribution in [2.24, 2.45) is 5.73 Å². The third-order valence-corrected chi connectivity index (χ3v) is 15.1. The van der Waals surface area contributed by atoms with Crippen LogP contribution in [-0.4, -0.2) is 247 Å². The highest BCUT2D eigenvalue weighted by atomic mass is 31.2. The minimum atomic E-state index is -5.23. The summed E-state index contributed by atoms with van der Waals surface area (Å²) in [6.07, 6.45) is -18.1.